The highest BCUT2D eigenvalue weighted by Gasteiger charge is 2.15. The van der Waals surface area contributed by atoms with Crippen LogP contribution >= 0.6 is 0 Å². The van der Waals surface area contributed by atoms with Crippen molar-refractivity contribution in [2.75, 3.05) is 0 Å². The standard InChI is InChI=1S/C17H20N2O/c1-11-8-16(12(2)19-18-11)17(20)10-13-6-7-14-4-3-5-15(14)9-13/h6-9,17,20H,3-5,10H2,1-2H3. The summed E-state index contributed by atoms with van der Waals surface area (Å²) < 4.78 is 0. The quantitative estimate of drug-likeness (QED) is 0.931. The molecule has 20 heavy (non-hydrogen) atoms. The Morgan fingerprint density at radius 1 is 1.10 bits per heavy atom. The molecule has 1 heterocycles. The maximum Gasteiger partial charge on any atom is 0.0849 e. The highest BCUT2D eigenvalue weighted by atomic mass is 16.3. The van der Waals surface area contributed by atoms with Crippen molar-refractivity contribution in [3.8, 4) is 0 Å². The van der Waals surface area contributed by atoms with E-state index in [9.17, 15) is 5.11 Å². The van der Waals surface area contributed by atoms with E-state index in [0.717, 1.165) is 17.0 Å². The summed E-state index contributed by atoms with van der Waals surface area (Å²) in [5.41, 5.74) is 6.67. The largest absolute Gasteiger partial charge is 0.388 e. The van der Waals surface area contributed by atoms with Crippen LogP contribution in [0, 0.1) is 13.8 Å². The molecule has 0 spiro atoms. The SMILES string of the molecule is Cc1cc(C(O)Cc2ccc3c(c2)CCC3)c(C)nn1. The number of aliphatic hydroxyl groups excluding tert-OH is 1. The fraction of sp³-hybridized carbons (Fsp3) is 0.412. The molecule has 1 unspecified atom stereocenters. The Labute approximate surface area is 119 Å². The number of benzene rings is 1. The molecule has 0 saturated heterocycles. The van der Waals surface area contributed by atoms with E-state index in [1.54, 1.807) is 0 Å². The van der Waals surface area contributed by atoms with E-state index >= 15 is 0 Å². The molecule has 1 atom stereocenters. The molecule has 0 aliphatic heterocycles. The number of aryl methyl sites for hydroxylation is 4. The van der Waals surface area contributed by atoms with Crippen molar-refractivity contribution in [3.63, 3.8) is 0 Å². The maximum absolute atomic E-state index is 10.5. The van der Waals surface area contributed by atoms with E-state index in [-0.39, 0.29) is 0 Å². The summed E-state index contributed by atoms with van der Waals surface area (Å²) in [5, 5.41) is 18.6. The number of hydrogen-bond acceptors (Lipinski definition) is 3. The second-order valence-electron chi connectivity index (χ2n) is 5.70. The molecule has 3 heteroatoms. The van der Waals surface area contributed by atoms with Gasteiger partial charge in [-0.1, -0.05) is 18.2 Å². The Morgan fingerprint density at radius 2 is 1.90 bits per heavy atom. The molecule has 1 N–H and O–H groups in total. The number of fused-ring (bicyclic) bond motifs is 1. The van der Waals surface area contributed by atoms with Crippen LogP contribution in [0.2, 0.25) is 0 Å². The molecule has 2 aromatic rings. The van der Waals surface area contributed by atoms with E-state index in [2.05, 4.69) is 28.4 Å². The molecule has 0 radical (unpaired) electrons. The summed E-state index contributed by atoms with van der Waals surface area (Å²) in [7, 11) is 0. The van der Waals surface area contributed by atoms with Crippen molar-refractivity contribution in [3.05, 3.63) is 57.9 Å². The van der Waals surface area contributed by atoms with E-state index in [1.807, 2.05) is 19.9 Å². The smallest absolute Gasteiger partial charge is 0.0849 e. The fourth-order valence-corrected chi connectivity index (χ4v) is 2.99. The van der Waals surface area contributed by atoms with Crippen molar-refractivity contribution in [2.45, 2.75) is 45.6 Å². The van der Waals surface area contributed by atoms with Crippen molar-refractivity contribution in [1.29, 1.82) is 0 Å². The zero-order chi connectivity index (χ0) is 14.1. The minimum absolute atomic E-state index is 0.511. The van der Waals surface area contributed by atoms with Crippen LogP contribution in [0.25, 0.3) is 0 Å². The van der Waals surface area contributed by atoms with Crippen LogP contribution in [-0.2, 0) is 19.3 Å². The summed E-state index contributed by atoms with van der Waals surface area (Å²) >= 11 is 0. The van der Waals surface area contributed by atoms with Gasteiger partial charge in [-0.25, -0.2) is 0 Å². The van der Waals surface area contributed by atoms with Crippen molar-refractivity contribution in [1.82, 2.24) is 10.2 Å². The molecule has 1 aromatic heterocycles. The van der Waals surface area contributed by atoms with E-state index in [0.29, 0.717) is 6.42 Å². The molecule has 0 amide bonds. The topological polar surface area (TPSA) is 46.0 Å². The third kappa shape index (κ3) is 2.59. The first-order valence-electron chi connectivity index (χ1n) is 7.23. The number of nitrogens with zero attached hydrogens (tertiary/aromatic N) is 2. The van der Waals surface area contributed by atoms with Crippen LogP contribution in [0.15, 0.2) is 24.3 Å². The van der Waals surface area contributed by atoms with Crippen LogP contribution < -0.4 is 0 Å². The summed E-state index contributed by atoms with van der Waals surface area (Å²) in [6.07, 6.45) is 3.76. The third-order valence-corrected chi connectivity index (χ3v) is 4.09. The Balaban J connectivity index is 1.82. The van der Waals surface area contributed by atoms with Crippen LogP contribution in [0.1, 0.15) is 46.2 Å². The summed E-state index contributed by atoms with van der Waals surface area (Å²) in [6.45, 7) is 3.80. The molecular weight excluding hydrogens is 248 g/mol. The van der Waals surface area contributed by atoms with Crippen LogP contribution in [0.4, 0.5) is 0 Å². The van der Waals surface area contributed by atoms with Crippen molar-refractivity contribution < 1.29 is 5.11 Å². The fourth-order valence-electron chi connectivity index (χ4n) is 2.99. The molecule has 0 fully saturated rings. The first-order valence-corrected chi connectivity index (χ1v) is 7.23. The molecule has 3 rings (SSSR count). The minimum Gasteiger partial charge on any atom is -0.388 e. The lowest BCUT2D eigenvalue weighted by Gasteiger charge is -2.14. The van der Waals surface area contributed by atoms with Crippen LogP contribution in [0.5, 0.6) is 0 Å². The van der Waals surface area contributed by atoms with Gasteiger partial charge in [-0.2, -0.15) is 10.2 Å². The van der Waals surface area contributed by atoms with Crippen LogP contribution in [0.3, 0.4) is 0 Å². The number of hydrogen-bond donors (Lipinski definition) is 1. The summed E-state index contributed by atoms with van der Waals surface area (Å²) in [4.78, 5) is 0. The van der Waals surface area contributed by atoms with Crippen molar-refractivity contribution in [2.24, 2.45) is 0 Å². The molecule has 1 aliphatic carbocycles. The van der Waals surface area contributed by atoms with Gasteiger partial charge in [-0.05, 0) is 55.9 Å². The molecule has 0 bridgehead atoms. The van der Waals surface area contributed by atoms with Gasteiger partial charge in [-0.15, -0.1) is 0 Å². The highest BCUT2D eigenvalue weighted by Crippen LogP contribution is 2.26. The lowest BCUT2D eigenvalue weighted by atomic mass is 9.98. The first-order chi connectivity index (χ1) is 9.63. The number of aromatic nitrogens is 2. The first kappa shape index (κ1) is 13.3. The number of rotatable bonds is 3. The average Bonchev–Trinajstić information content (AvgIpc) is 2.89. The predicted octanol–water partition coefficient (Wildman–Crippen LogP) is 2.86. The van der Waals surface area contributed by atoms with Gasteiger partial charge in [0.05, 0.1) is 17.5 Å². The van der Waals surface area contributed by atoms with Gasteiger partial charge in [0.15, 0.2) is 0 Å². The lowest BCUT2D eigenvalue weighted by molar-refractivity contribution is 0.177. The molecular formula is C17H20N2O. The van der Waals surface area contributed by atoms with Gasteiger partial charge in [0.2, 0.25) is 0 Å². The van der Waals surface area contributed by atoms with Crippen molar-refractivity contribution >= 4 is 0 Å². The van der Waals surface area contributed by atoms with E-state index in [4.69, 9.17) is 0 Å². The average molecular weight is 268 g/mol. The summed E-state index contributed by atoms with van der Waals surface area (Å²) in [5.74, 6) is 0. The number of aliphatic hydroxyl groups is 1. The molecule has 0 saturated carbocycles. The zero-order valence-corrected chi connectivity index (χ0v) is 12.1. The van der Waals surface area contributed by atoms with Gasteiger partial charge in [0.25, 0.3) is 0 Å². The Bertz CT molecular complexity index is 637. The second kappa shape index (κ2) is 5.33. The minimum atomic E-state index is -0.511. The monoisotopic (exact) mass is 268 g/mol. The van der Waals surface area contributed by atoms with E-state index < -0.39 is 6.10 Å². The van der Waals surface area contributed by atoms with Gasteiger partial charge in [0, 0.05) is 12.0 Å². The maximum atomic E-state index is 10.5. The molecule has 104 valence electrons. The van der Waals surface area contributed by atoms with Gasteiger partial charge in [0.1, 0.15) is 0 Å². The predicted molar refractivity (Wildman–Crippen MR) is 78.6 cm³/mol. The summed E-state index contributed by atoms with van der Waals surface area (Å²) in [6, 6.07) is 8.54. The third-order valence-electron chi connectivity index (χ3n) is 4.09. The van der Waals surface area contributed by atoms with Gasteiger partial charge < -0.3 is 5.11 Å². The van der Waals surface area contributed by atoms with Crippen LogP contribution in [-0.4, -0.2) is 15.3 Å². The Hall–Kier alpha value is -1.74. The van der Waals surface area contributed by atoms with Gasteiger partial charge >= 0.3 is 0 Å². The second-order valence-corrected chi connectivity index (χ2v) is 5.70. The Morgan fingerprint density at radius 3 is 2.75 bits per heavy atom. The zero-order valence-electron chi connectivity index (χ0n) is 12.1. The lowest BCUT2D eigenvalue weighted by Crippen LogP contribution is -2.07. The highest BCUT2D eigenvalue weighted by molar-refractivity contribution is 5.36. The Kier molecular flexibility index (Phi) is 3.53. The molecule has 3 nitrogen and oxygen atoms in total. The normalized spacial score (nSPS) is 15.2. The van der Waals surface area contributed by atoms with Gasteiger partial charge in [-0.3, -0.25) is 0 Å². The molecule has 1 aliphatic rings. The molecule has 1 aromatic carbocycles. The van der Waals surface area contributed by atoms with E-state index in [1.165, 1.54) is 36.0 Å².